The van der Waals surface area contributed by atoms with E-state index in [4.69, 9.17) is 4.74 Å². The normalized spacial score (nSPS) is 9.50. The van der Waals surface area contributed by atoms with Gasteiger partial charge in [-0.3, -0.25) is 4.79 Å². The lowest BCUT2D eigenvalue weighted by Gasteiger charge is -2.16. The summed E-state index contributed by atoms with van der Waals surface area (Å²) in [6.45, 7) is 6.94. The highest BCUT2D eigenvalue weighted by molar-refractivity contribution is 5.79. The van der Waals surface area contributed by atoms with Gasteiger partial charge in [-0.2, -0.15) is 0 Å². The molecule has 1 rings (SSSR count). The van der Waals surface area contributed by atoms with Crippen LogP contribution in [-0.2, 0) is 17.6 Å². The molecule has 1 aromatic carbocycles. The summed E-state index contributed by atoms with van der Waals surface area (Å²) in [6, 6.07) is 4.03. The molecule has 0 heterocycles. The quantitative estimate of drug-likeness (QED) is 0.758. The molecule has 3 N–H and O–H groups in total. The highest BCUT2D eigenvalue weighted by Gasteiger charge is 2.11. The van der Waals surface area contributed by atoms with E-state index in [0.29, 0.717) is 13.0 Å². The minimum absolute atomic E-state index is 0. The number of nitrogens with one attached hydrogen (secondary N) is 1. The summed E-state index contributed by atoms with van der Waals surface area (Å²) in [5.74, 6) is 0.771. The van der Waals surface area contributed by atoms with Gasteiger partial charge in [0, 0.05) is 0 Å². The molecule has 0 atom stereocenters. The molecule has 1 aromatic rings. The number of hydrogen-bond donors (Lipinski definition) is 1. The van der Waals surface area contributed by atoms with E-state index in [0.717, 1.165) is 30.7 Å². The van der Waals surface area contributed by atoms with Crippen LogP contribution in [0.25, 0.3) is 0 Å². The molecule has 0 saturated carbocycles. The molecule has 0 aliphatic rings. The van der Waals surface area contributed by atoms with Gasteiger partial charge in [-0.25, -0.2) is 0 Å². The molecule has 0 aliphatic heterocycles. The minimum Gasteiger partial charge on any atom is -0.491 e. The first-order chi connectivity index (χ1) is 8.28. The molecule has 0 aromatic heterocycles. The summed E-state index contributed by atoms with van der Waals surface area (Å²) < 4.78 is 5.66. The fourth-order valence-corrected chi connectivity index (χ4v) is 1.95. The van der Waals surface area contributed by atoms with Crippen LogP contribution < -0.4 is 10.1 Å². The van der Waals surface area contributed by atoms with Crippen molar-refractivity contribution < 1.29 is 15.0 Å². The highest BCUT2D eigenvalue weighted by atomic mass is 16.5. The Balaban J connectivity index is 0.00000289. The van der Waals surface area contributed by atoms with Crippen LogP contribution in [0.15, 0.2) is 12.1 Å². The van der Waals surface area contributed by atoms with Gasteiger partial charge < -0.3 is 15.5 Å². The van der Waals surface area contributed by atoms with Crippen molar-refractivity contribution in [3.05, 3.63) is 23.3 Å². The minimum atomic E-state index is 0. The van der Waals surface area contributed by atoms with Gasteiger partial charge in [-0.15, -0.1) is 0 Å². The van der Waals surface area contributed by atoms with Crippen molar-refractivity contribution in [2.45, 2.75) is 40.0 Å². The summed E-state index contributed by atoms with van der Waals surface area (Å²) in [5, 5.41) is 2.77. The number of carbonyl (C=O) groups excluding carboxylic acids is 1. The standard InChI is InChI=1S/C14H21NO2.H2O/c1-4-9-17-13-8-7-11(5-2)12(6-3)14(13)15-10-16;/h7-8,10H,4-6,9H2,1-3H3,(H,15,16);1H2. The topological polar surface area (TPSA) is 69.8 Å². The SMILES string of the molecule is CCCOc1ccc(CC)c(CC)c1NC=O.O. The fourth-order valence-electron chi connectivity index (χ4n) is 1.95. The van der Waals surface area contributed by atoms with E-state index < -0.39 is 0 Å². The van der Waals surface area contributed by atoms with Crippen LogP contribution in [0.2, 0.25) is 0 Å². The van der Waals surface area contributed by atoms with Gasteiger partial charge in [0.05, 0.1) is 12.3 Å². The Labute approximate surface area is 109 Å². The van der Waals surface area contributed by atoms with Gasteiger partial charge in [-0.05, 0) is 36.5 Å². The second-order valence-electron chi connectivity index (χ2n) is 3.89. The molecule has 18 heavy (non-hydrogen) atoms. The Bertz CT molecular complexity index is 378. The zero-order valence-corrected chi connectivity index (χ0v) is 11.4. The first-order valence-electron chi connectivity index (χ1n) is 6.26. The molecule has 102 valence electrons. The van der Waals surface area contributed by atoms with E-state index >= 15 is 0 Å². The van der Waals surface area contributed by atoms with Crippen molar-refractivity contribution in [2.24, 2.45) is 0 Å². The number of anilines is 1. The molecule has 1 amide bonds. The van der Waals surface area contributed by atoms with E-state index in [1.807, 2.05) is 6.07 Å². The Kier molecular flexibility index (Phi) is 7.79. The van der Waals surface area contributed by atoms with Crippen molar-refractivity contribution in [3.63, 3.8) is 0 Å². The second kappa shape index (κ2) is 8.53. The Morgan fingerprint density at radius 2 is 1.94 bits per heavy atom. The number of aryl methyl sites for hydroxylation is 1. The van der Waals surface area contributed by atoms with E-state index in [9.17, 15) is 4.79 Å². The average Bonchev–Trinajstić information content (AvgIpc) is 2.37. The maximum absolute atomic E-state index is 10.7. The maximum Gasteiger partial charge on any atom is 0.211 e. The molecule has 4 nitrogen and oxygen atoms in total. The lowest BCUT2D eigenvalue weighted by Crippen LogP contribution is -2.06. The van der Waals surface area contributed by atoms with Gasteiger partial charge in [0.25, 0.3) is 0 Å². The number of ether oxygens (including phenoxy) is 1. The van der Waals surface area contributed by atoms with Crippen LogP contribution in [0.4, 0.5) is 5.69 Å². The van der Waals surface area contributed by atoms with Crippen molar-refractivity contribution in [2.75, 3.05) is 11.9 Å². The third-order valence-electron chi connectivity index (χ3n) is 2.77. The van der Waals surface area contributed by atoms with E-state index in [1.165, 1.54) is 11.1 Å². The number of amides is 1. The second-order valence-corrected chi connectivity index (χ2v) is 3.89. The van der Waals surface area contributed by atoms with Crippen LogP contribution >= 0.6 is 0 Å². The third kappa shape index (κ3) is 3.74. The van der Waals surface area contributed by atoms with E-state index in [-0.39, 0.29) is 5.48 Å². The first kappa shape index (κ1) is 16.4. The molecule has 0 aliphatic carbocycles. The Morgan fingerprint density at radius 1 is 1.22 bits per heavy atom. The largest absolute Gasteiger partial charge is 0.491 e. The van der Waals surface area contributed by atoms with Crippen LogP contribution in [0.3, 0.4) is 0 Å². The van der Waals surface area contributed by atoms with Crippen molar-refractivity contribution in [1.29, 1.82) is 0 Å². The summed E-state index contributed by atoms with van der Waals surface area (Å²) >= 11 is 0. The number of benzene rings is 1. The molecule has 0 radical (unpaired) electrons. The van der Waals surface area contributed by atoms with Gasteiger partial charge in [-0.1, -0.05) is 26.8 Å². The fraction of sp³-hybridized carbons (Fsp3) is 0.500. The van der Waals surface area contributed by atoms with Crippen LogP contribution in [0.1, 0.15) is 38.3 Å². The monoisotopic (exact) mass is 253 g/mol. The van der Waals surface area contributed by atoms with Crippen molar-refractivity contribution in [1.82, 2.24) is 0 Å². The summed E-state index contributed by atoms with van der Waals surface area (Å²) in [7, 11) is 0. The highest BCUT2D eigenvalue weighted by Crippen LogP contribution is 2.32. The molecule has 0 bridgehead atoms. The van der Waals surface area contributed by atoms with Crippen LogP contribution in [0.5, 0.6) is 5.75 Å². The number of carbonyl (C=O) groups is 1. The molecule has 0 unspecified atom stereocenters. The molecule has 4 heteroatoms. The van der Waals surface area contributed by atoms with Gasteiger partial charge in [0.15, 0.2) is 0 Å². The number of rotatable bonds is 7. The predicted molar refractivity (Wildman–Crippen MR) is 74.3 cm³/mol. The smallest absolute Gasteiger partial charge is 0.211 e. The van der Waals surface area contributed by atoms with Gasteiger partial charge in [0.2, 0.25) is 6.41 Å². The van der Waals surface area contributed by atoms with Crippen molar-refractivity contribution >= 4 is 12.1 Å². The molecule has 0 fully saturated rings. The molecule has 0 saturated heterocycles. The van der Waals surface area contributed by atoms with E-state index in [1.54, 1.807) is 0 Å². The Hall–Kier alpha value is -1.55. The number of hydrogen-bond acceptors (Lipinski definition) is 2. The van der Waals surface area contributed by atoms with Crippen LogP contribution in [-0.4, -0.2) is 18.5 Å². The third-order valence-corrected chi connectivity index (χ3v) is 2.77. The van der Waals surface area contributed by atoms with Crippen molar-refractivity contribution in [3.8, 4) is 5.75 Å². The molecular formula is C14H23NO3. The summed E-state index contributed by atoms with van der Waals surface area (Å²) in [4.78, 5) is 10.7. The molecule has 0 spiro atoms. The maximum atomic E-state index is 10.7. The first-order valence-corrected chi connectivity index (χ1v) is 6.26. The zero-order valence-electron chi connectivity index (χ0n) is 11.4. The lowest BCUT2D eigenvalue weighted by atomic mass is 10.00. The predicted octanol–water partition coefficient (Wildman–Crippen LogP) is 2.34. The molecular weight excluding hydrogens is 230 g/mol. The summed E-state index contributed by atoms with van der Waals surface area (Å²) in [5.41, 5.74) is 3.27. The van der Waals surface area contributed by atoms with E-state index in [2.05, 4.69) is 32.2 Å². The average molecular weight is 253 g/mol. The Morgan fingerprint density at radius 3 is 2.44 bits per heavy atom. The van der Waals surface area contributed by atoms with Gasteiger partial charge >= 0.3 is 0 Å². The van der Waals surface area contributed by atoms with Crippen LogP contribution in [0, 0.1) is 0 Å². The van der Waals surface area contributed by atoms with Gasteiger partial charge in [0.1, 0.15) is 5.75 Å². The zero-order chi connectivity index (χ0) is 12.7. The summed E-state index contributed by atoms with van der Waals surface area (Å²) in [6.07, 6.45) is 3.53. The lowest BCUT2D eigenvalue weighted by molar-refractivity contribution is -0.105.